The lowest BCUT2D eigenvalue weighted by atomic mass is 10.1. The molecule has 0 aliphatic carbocycles. The number of carbonyl (C=O) groups excluding carboxylic acids is 2. The summed E-state index contributed by atoms with van der Waals surface area (Å²) in [5.74, 6) is 0.931. The molecule has 5 rings (SSSR count). The summed E-state index contributed by atoms with van der Waals surface area (Å²) in [5, 5.41) is 2.05. The molecule has 5 nitrogen and oxygen atoms in total. The fourth-order valence-electron chi connectivity index (χ4n) is 4.36. The third kappa shape index (κ3) is 5.54. The summed E-state index contributed by atoms with van der Waals surface area (Å²) in [6, 6.07) is 27.8. The van der Waals surface area contributed by atoms with E-state index >= 15 is 0 Å². The molecule has 0 aromatic heterocycles. The lowest BCUT2D eigenvalue weighted by molar-refractivity contribution is -0.123. The number of rotatable bonds is 8. The maximum absolute atomic E-state index is 13.0. The Morgan fingerprint density at radius 1 is 0.865 bits per heavy atom. The summed E-state index contributed by atoms with van der Waals surface area (Å²) in [6.07, 6.45) is 1.73. The maximum atomic E-state index is 13.0. The number of benzene rings is 4. The van der Waals surface area contributed by atoms with Crippen molar-refractivity contribution in [2.24, 2.45) is 0 Å². The van der Waals surface area contributed by atoms with Crippen LogP contribution in [0, 0.1) is 6.92 Å². The number of aryl methyl sites for hydroxylation is 1. The third-order valence-corrected chi connectivity index (χ3v) is 7.03. The van der Waals surface area contributed by atoms with Crippen molar-refractivity contribution >= 4 is 39.8 Å². The summed E-state index contributed by atoms with van der Waals surface area (Å²) in [5.41, 5.74) is 3.87. The standard InChI is InChI=1S/C31H27NO4S/c1-3-35-28-17-22(14-15-27(28)36-20-25-12-7-11-24-10-4-5-13-26(24)25)18-29-30(33)32(31(34)37-29)19-23-9-6-8-21(2)16-23/h4-18H,3,19-20H2,1-2H3/b29-18+. The summed E-state index contributed by atoms with van der Waals surface area (Å²) >= 11 is 0.959. The van der Waals surface area contributed by atoms with Gasteiger partial charge in [-0.1, -0.05) is 78.4 Å². The van der Waals surface area contributed by atoms with Crippen LogP contribution in [0.15, 0.2) is 89.8 Å². The van der Waals surface area contributed by atoms with Crippen LogP contribution in [0.5, 0.6) is 11.5 Å². The molecule has 1 aliphatic heterocycles. The summed E-state index contributed by atoms with van der Waals surface area (Å²) in [7, 11) is 0. The molecule has 0 spiro atoms. The first-order valence-electron chi connectivity index (χ1n) is 12.2. The smallest absolute Gasteiger partial charge is 0.293 e. The average Bonchev–Trinajstić information content (AvgIpc) is 3.15. The Morgan fingerprint density at radius 3 is 2.51 bits per heavy atom. The molecule has 0 unspecified atom stereocenters. The first kappa shape index (κ1) is 24.7. The molecular weight excluding hydrogens is 482 g/mol. The van der Waals surface area contributed by atoms with Crippen LogP contribution in [0.4, 0.5) is 4.79 Å². The molecule has 6 heteroatoms. The first-order valence-corrected chi connectivity index (χ1v) is 13.0. The van der Waals surface area contributed by atoms with Gasteiger partial charge in [-0.15, -0.1) is 0 Å². The van der Waals surface area contributed by atoms with Gasteiger partial charge in [-0.05, 0) is 71.3 Å². The molecule has 186 valence electrons. The van der Waals surface area contributed by atoms with Gasteiger partial charge in [-0.2, -0.15) is 0 Å². The van der Waals surface area contributed by atoms with E-state index in [0.717, 1.165) is 39.4 Å². The van der Waals surface area contributed by atoms with Crippen molar-refractivity contribution in [1.82, 2.24) is 4.90 Å². The summed E-state index contributed by atoms with van der Waals surface area (Å²) in [4.78, 5) is 27.3. The minimum atomic E-state index is -0.286. The Kier molecular flexibility index (Phi) is 7.28. The number of imide groups is 1. The van der Waals surface area contributed by atoms with Crippen molar-refractivity contribution in [1.29, 1.82) is 0 Å². The van der Waals surface area contributed by atoms with E-state index in [-0.39, 0.29) is 17.7 Å². The predicted molar refractivity (Wildman–Crippen MR) is 149 cm³/mol. The van der Waals surface area contributed by atoms with Crippen molar-refractivity contribution < 1.29 is 19.1 Å². The first-order chi connectivity index (χ1) is 18.0. The molecule has 4 aromatic carbocycles. The van der Waals surface area contributed by atoms with Crippen molar-refractivity contribution in [3.63, 3.8) is 0 Å². The van der Waals surface area contributed by atoms with E-state index in [2.05, 4.69) is 24.3 Å². The normalized spacial score (nSPS) is 14.5. The molecule has 37 heavy (non-hydrogen) atoms. The molecule has 1 fully saturated rings. The number of carbonyl (C=O) groups is 2. The number of thioether (sulfide) groups is 1. The van der Waals surface area contributed by atoms with E-state index in [4.69, 9.17) is 9.47 Å². The van der Waals surface area contributed by atoms with Gasteiger partial charge in [0.25, 0.3) is 11.1 Å². The number of hydrogen-bond donors (Lipinski definition) is 0. The highest BCUT2D eigenvalue weighted by molar-refractivity contribution is 8.18. The number of nitrogens with zero attached hydrogens (tertiary/aromatic N) is 1. The molecule has 1 heterocycles. The van der Waals surface area contributed by atoms with Crippen LogP contribution in [0.1, 0.15) is 29.2 Å². The molecule has 0 atom stereocenters. The van der Waals surface area contributed by atoms with Gasteiger partial charge >= 0.3 is 0 Å². The maximum Gasteiger partial charge on any atom is 0.293 e. The Bertz CT molecular complexity index is 1510. The van der Waals surface area contributed by atoms with Gasteiger partial charge in [-0.25, -0.2) is 0 Å². The number of fused-ring (bicyclic) bond motifs is 1. The SMILES string of the molecule is CCOc1cc(/C=C2/SC(=O)N(Cc3cccc(C)c3)C2=O)ccc1OCc1cccc2ccccc12. The van der Waals surface area contributed by atoms with E-state index in [1.165, 1.54) is 10.3 Å². The van der Waals surface area contributed by atoms with E-state index in [0.29, 0.717) is 29.6 Å². The monoisotopic (exact) mass is 509 g/mol. The van der Waals surface area contributed by atoms with Gasteiger partial charge in [0.15, 0.2) is 11.5 Å². The van der Waals surface area contributed by atoms with Crippen molar-refractivity contribution in [3.05, 3.63) is 112 Å². The highest BCUT2D eigenvalue weighted by atomic mass is 32.2. The second-order valence-corrected chi connectivity index (χ2v) is 9.82. The van der Waals surface area contributed by atoms with Crippen molar-refractivity contribution in [3.8, 4) is 11.5 Å². The lowest BCUT2D eigenvalue weighted by Gasteiger charge is -2.14. The molecular formula is C31H27NO4S. The van der Waals surface area contributed by atoms with Gasteiger partial charge in [0.05, 0.1) is 18.1 Å². The zero-order chi connectivity index (χ0) is 25.8. The zero-order valence-electron chi connectivity index (χ0n) is 20.8. The minimum absolute atomic E-state index is 0.259. The van der Waals surface area contributed by atoms with Gasteiger partial charge in [0.2, 0.25) is 0 Å². The fourth-order valence-corrected chi connectivity index (χ4v) is 5.19. The van der Waals surface area contributed by atoms with E-state index in [1.54, 1.807) is 6.08 Å². The quantitative estimate of drug-likeness (QED) is 0.232. The second-order valence-electron chi connectivity index (χ2n) is 8.82. The second kappa shape index (κ2) is 10.9. The minimum Gasteiger partial charge on any atom is -0.490 e. The molecule has 0 N–H and O–H groups in total. The fraction of sp³-hybridized carbons (Fsp3) is 0.161. The lowest BCUT2D eigenvalue weighted by Crippen LogP contribution is -2.27. The number of ether oxygens (including phenoxy) is 2. The predicted octanol–water partition coefficient (Wildman–Crippen LogP) is 7.36. The zero-order valence-corrected chi connectivity index (χ0v) is 21.6. The molecule has 1 aliphatic rings. The molecule has 2 amide bonds. The van der Waals surface area contributed by atoms with Crippen LogP contribution in [0.3, 0.4) is 0 Å². The Labute approximate surface area is 220 Å². The van der Waals surface area contributed by atoms with Gasteiger partial charge in [0.1, 0.15) is 6.61 Å². The van der Waals surface area contributed by atoms with Gasteiger partial charge in [0, 0.05) is 0 Å². The van der Waals surface area contributed by atoms with Gasteiger partial charge in [-0.3, -0.25) is 14.5 Å². The van der Waals surface area contributed by atoms with Crippen molar-refractivity contribution in [2.75, 3.05) is 6.61 Å². The highest BCUT2D eigenvalue weighted by Crippen LogP contribution is 2.36. The van der Waals surface area contributed by atoms with Crippen LogP contribution in [0.25, 0.3) is 16.8 Å². The van der Waals surface area contributed by atoms with Crippen LogP contribution in [0.2, 0.25) is 0 Å². The van der Waals surface area contributed by atoms with Gasteiger partial charge < -0.3 is 9.47 Å². The molecule has 1 saturated heterocycles. The molecule has 0 radical (unpaired) electrons. The van der Waals surface area contributed by atoms with Crippen molar-refractivity contribution in [2.45, 2.75) is 27.0 Å². The number of amides is 2. The van der Waals surface area contributed by atoms with E-state index in [1.807, 2.05) is 74.5 Å². The third-order valence-electron chi connectivity index (χ3n) is 6.13. The summed E-state index contributed by atoms with van der Waals surface area (Å²) in [6.45, 7) is 5.04. The Morgan fingerprint density at radius 2 is 1.68 bits per heavy atom. The van der Waals surface area contributed by atoms with E-state index in [9.17, 15) is 9.59 Å². The van der Waals surface area contributed by atoms with E-state index < -0.39 is 0 Å². The van der Waals surface area contributed by atoms with Crippen LogP contribution >= 0.6 is 11.8 Å². The molecule has 0 saturated carbocycles. The topological polar surface area (TPSA) is 55.8 Å². The average molecular weight is 510 g/mol. The van der Waals surface area contributed by atoms with Crippen LogP contribution < -0.4 is 9.47 Å². The Balaban J connectivity index is 1.34. The summed E-state index contributed by atoms with van der Waals surface area (Å²) < 4.78 is 12.0. The Hall–Kier alpha value is -4.03. The molecule has 0 bridgehead atoms. The van der Waals surface area contributed by atoms with Crippen LogP contribution in [-0.2, 0) is 17.9 Å². The van der Waals surface area contributed by atoms with Crippen LogP contribution in [-0.4, -0.2) is 22.7 Å². The highest BCUT2D eigenvalue weighted by Gasteiger charge is 2.35. The number of hydrogen-bond acceptors (Lipinski definition) is 5. The largest absolute Gasteiger partial charge is 0.490 e. The molecule has 4 aromatic rings.